The smallest absolute Gasteiger partial charge is 0.338 e. The number of ether oxygens (including phenoxy) is 1. The standard InChI is InChI=1S/C20H19Cl2NO2/c1-3-12-20(19(24)25-4-2,16-10-11-17(21)18(22)13-16)23-14-15-8-6-5-7-9-15/h3,5-11,13-14H,1,4,12H2,2H3/b23-14+. The third-order valence-corrected chi connectivity index (χ3v) is 4.42. The van der Waals surface area contributed by atoms with Crippen molar-refractivity contribution >= 4 is 35.4 Å². The summed E-state index contributed by atoms with van der Waals surface area (Å²) in [4.78, 5) is 17.4. The quantitative estimate of drug-likeness (QED) is 0.366. The van der Waals surface area contributed by atoms with Gasteiger partial charge in [-0.1, -0.05) is 65.7 Å². The van der Waals surface area contributed by atoms with Crippen molar-refractivity contribution < 1.29 is 9.53 Å². The number of carbonyl (C=O) groups excluding carboxylic acids is 1. The Bertz CT molecular complexity index is 775. The molecule has 2 aromatic rings. The van der Waals surface area contributed by atoms with Crippen molar-refractivity contribution in [3.8, 4) is 0 Å². The van der Waals surface area contributed by atoms with Gasteiger partial charge < -0.3 is 4.74 Å². The van der Waals surface area contributed by atoms with Crippen molar-refractivity contribution in [2.24, 2.45) is 4.99 Å². The lowest BCUT2D eigenvalue weighted by atomic mass is 9.87. The number of hydrogen-bond acceptors (Lipinski definition) is 3. The molecule has 0 heterocycles. The van der Waals surface area contributed by atoms with Gasteiger partial charge in [-0.2, -0.15) is 0 Å². The minimum absolute atomic E-state index is 0.250. The number of benzene rings is 2. The fourth-order valence-corrected chi connectivity index (χ4v) is 2.73. The Labute approximate surface area is 157 Å². The molecule has 0 aliphatic carbocycles. The molecule has 0 fully saturated rings. The van der Waals surface area contributed by atoms with Crippen LogP contribution in [0.25, 0.3) is 0 Å². The van der Waals surface area contributed by atoms with Crippen molar-refractivity contribution in [2.75, 3.05) is 6.61 Å². The molecule has 0 aliphatic heterocycles. The predicted octanol–water partition coefficient (Wildman–Crippen LogP) is 5.45. The number of carbonyl (C=O) groups is 1. The molecule has 0 aliphatic rings. The number of halogens is 2. The average Bonchev–Trinajstić information content (AvgIpc) is 2.62. The number of hydrogen-bond donors (Lipinski definition) is 0. The van der Waals surface area contributed by atoms with Gasteiger partial charge in [-0.15, -0.1) is 6.58 Å². The van der Waals surface area contributed by atoms with Crippen molar-refractivity contribution in [3.63, 3.8) is 0 Å². The molecule has 25 heavy (non-hydrogen) atoms. The number of rotatable bonds is 7. The number of nitrogens with zero attached hydrogens (tertiary/aromatic N) is 1. The third-order valence-electron chi connectivity index (χ3n) is 3.68. The summed E-state index contributed by atoms with van der Waals surface area (Å²) in [5, 5.41) is 0.764. The van der Waals surface area contributed by atoms with Gasteiger partial charge in [-0.3, -0.25) is 4.99 Å². The fourth-order valence-electron chi connectivity index (χ4n) is 2.44. The van der Waals surface area contributed by atoms with Crippen LogP contribution in [-0.2, 0) is 15.1 Å². The lowest BCUT2D eigenvalue weighted by Crippen LogP contribution is -2.35. The highest BCUT2D eigenvalue weighted by Gasteiger charge is 2.40. The topological polar surface area (TPSA) is 38.7 Å². The first-order chi connectivity index (χ1) is 12.0. The highest BCUT2D eigenvalue weighted by molar-refractivity contribution is 6.42. The van der Waals surface area contributed by atoms with E-state index in [2.05, 4.69) is 11.6 Å². The summed E-state index contributed by atoms with van der Waals surface area (Å²) < 4.78 is 5.30. The van der Waals surface area contributed by atoms with Crippen LogP contribution >= 0.6 is 23.2 Å². The molecule has 0 aromatic heterocycles. The van der Waals surface area contributed by atoms with Crippen LogP contribution < -0.4 is 0 Å². The van der Waals surface area contributed by atoms with Crippen molar-refractivity contribution in [1.82, 2.24) is 0 Å². The molecule has 2 rings (SSSR count). The molecule has 5 heteroatoms. The summed E-state index contributed by atoms with van der Waals surface area (Å²) in [6.07, 6.45) is 3.57. The highest BCUT2D eigenvalue weighted by Crippen LogP contribution is 2.35. The minimum atomic E-state index is -1.26. The van der Waals surface area contributed by atoms with Crippen LogP contribution in [0.2, 0.25) is 10.0 Å². The van der Waals surface area contributed by atoms with Gasteiger partial charge >= 0.3 is 5.97 Å². The van der Waals surface area contributed by atoms with E-state index >= 15 is 0 Å². The van der Waals surface area contributed by atoms with Gasteiger partial charge in [-0.25, -0.2) is 4.79 Å². The lowest BCUT2D eigenvalue weighted by Gasteiger charge is -2.27. The van der Waals surface area contributed by atoms with Crippen LogP contribution in [0, 0.1) is 0 Å². The van der Waals surface area contributed by atoms with E-state index < -0.39 is 11.5 Å². The van der Waals surface area contributed by atoms with Gasteiger partial charge in [0.1, 0.15) is 0 Å². The van der Waals surface area contributed by atoms with Crippen LogP contribution in [0.15, 0.2) is 66.2 Å². The van der Waals surface area contributed by atoms with Gasteiger partial charge in [-0.05, 0) is 30.2 Å². The number of esters is 1. The summed E-state index contributed by atoms with van der Waals surface area (Å²) in [6, 6.07) is 14.6. The second-order valence-electron chi connectivity index (χ2n) is 5.37. The van der Waals surface area contributed by atoms with Crippen LogP contribution in [0.1, 0.15) is 24.5 Å². The van der Waals surface area contributed by atoms with E-state index in [0.29, 0.717) is 15.6 Å². The molecular formula is C20H19Cl2NO2. The predicted molar refractivity (Wildman–Crippen MR) is 104 cm³/mol. The Hall–Kier alpha value is -2.10. The van der Waals surface area contributed by atoms with E-state index in [1.165, 1.54) is 0 Å². The van der Waals surface area contributed by atoms with Crippen LogP contribution in [0.5, 0.6) is 0 Å². The summed E-state index contributed by atoms with van der Waals surface area (Å²) in [5.74, 6) is -0.458. The first-order valence-corrected chi connectivity index (χ1v) is 8.63. The molecule has 0 radical (unpaired) electrons. The molecule has 0 amide bonds. The molecule has 0 spiro atoms. The number of aliphatic imine (C=N–C) groups is 1. The van der Waals surface area contributed by atoms with E-state index in [-0.39, 0.29) is 13.0 Å². The molecule has 3 nitrogen and oxygen atoms in total. The molecule has 0 N–H and O–H groups in total. The van der Waals surface area contributed by atoms with Gasteiger partial charge in [0, 0.05) is 12.6 Å². The molecular weight excluding hydrogens is 357 g/mol. The Balaban J connectivity index is 2.58. The van der Waals surface area contributed by atoms with E-state index in [9.17, 15) is 4.79 Å². The zero-order valence-corrected chi connectivity index (χ0v) is 15.4. The first-order valence-electron chi connectivity index (χ1n) is 7.87. The molecule has 0 bridgehead atoms. The largest absolute Gasteiger partial charge is 0.464 e. The molecule has 0 saturated carbocycles. The van der Waals surface area contributed by atoms with E-state index in [1.807, 2.05) is 30.3 Å². The van der Waals surface area contributed by atoms with Gasteiger partial charge in [0.2, 0.25) is 0 Å². The van der Waals surface area contributed by atoms with E-state index in [1.54, 1.807) is 37.4 Å². The van der Waals surface area contributed by atoms with Gasteiger partial charge in [0.05, 0.1) is 16.7 Å². The zero-order chi connectivity index (χ0) is 18.3. The van der Waals surface area contributed by atoms with Crippen LogP contribution in [0.3, 0.4) is 0 Å². The van der Waals surface area contributed by atoms with Crippen LogP contribution in [-0.4, -0.2) is 18.8 Å². The molecule has 130 valence electrons. The van der Waals surface area contributed by atoms with E-state index in [0.717, 1.165) is 5.56 Å². The Morgan fingerprint density at radius 3 is 2.52 bits per heavy atom. The second kappa shape index (κ2) is 8.84. The Kier molecular flexibility index (Phi) is 6.80. The SMILES string of the molecule is C=CCC(/N=C/c1ccccc1)(C(=O)OCC)c1ccc(Cl)c(Cl)c1. The Morgan fingerprint density at radius 1 is 1.20 bits per heavy atom. The third kappa shape index (κ3) is 4.50. The summed E-state index contributed by atoms with van der Waals surface area (Å²) in [7, 11) is 0. The maximum atomic E-state index is 12.8. The first kappa shape index (κ1) is 19.2. The van der Waals surface area contributed by atoms with Gasteiger partial charge in [0.15, 0.2) is 5.54 Å². The normalized spacial score (nSPS) is 13.4. The highest BCUT2D eigenvalue weighted by atomic mass is 35.5. The van der Waals surface area contributed by atoms with Gasteiger partial charge in [0.25, 0.3) is 0 Å². The maximum Gasteiger partial charge on any atom is 0.338 e. The fraction of sp³-hybridized carbons (Fsp3) is 0.200. The molecule has 2 aromatic carbocycles. The molecule has 0 saturated heterocycles. The minimum Gasteiger partial charge on any atom is -0.464 e. The summed E-state index contributed by atoms with van der Waals surface area (Å²) in [6.45, 7) is 5.77. The van der Waals surface area contributed by atoms with Crippen molar-refractivity contribution in [1.29, 1.82) is 0 Å². The maximum absolute atomic E-state index is 12.8. The molecule has 1 atom stereocenters. The van der Waals surface area contributed by atoms with Crippen molar-refractivity contribution in [2.45, 2.75) is 18.9 Å². The average molecular weight is 376 g/mol. The van der Waals surface area contributed by atoms with Crippen LogP contribution in [0.4, 0.5) is 0 Å². The summed E-state index contributed by atoms with van der Waals surface area (Å²) in [5.41, 5.74) is 0.217. The summed E-state index contributed by atoms with van der Waals surface area (Å²) >= 11 is 12.2. The van der Waals surface area contributed by atoms with E-state index in [4.69, 9.17) is 27.9 Å². The molecule has 1 unspecified atom stereocenters. The second-order valence-corrected chi connectivity index (χ2v) is 6.19. The monoisotopic (exact) mass is 375 g/mol. The Morgan fingerprint density at radius 2 is 1.92 bits per heavy atom. The van der Waals surface area contributed by atoms with Crippen molar-refractivity contribution in [3.05, 3.63) is 82.4 Å². The lowest BCUT2D eigenvalue weighted by molar-refractivity contribution is -0.149. The zero-order valence-electron chi connectivity index (χ0n) is 13.9.